The molecular weight excluding hydrogens is 204 g/mol. The molecule has 100 valence electrons. The van der Waals surface area contributed by atoms with Gasteiger partial charge in [0, 0.05) is 0 Å². The first-order valence-corrected chi connectivity index (χ1v) is 8.11. The van der Waals surface area contributed by atoms with E-state index in [1.807, 2.05) is 0 Å². The van der Waals surface area contributed by atoms with Crippen LogP contribution in [0.25, 0.3) is 0 Å². The minimum absolute atomic E-state index is 0.611. The van der Waals surface area contributed by atoms with E-state index in [9.17, 15) is 0 Å². The van der Waals surface area contributed by atoms with Crippen LogP contribution in [0.3, 0.4) is 0 Å². The smallest absolute Gasteiger partial charge is 0.0292 e. The number of hydrogen-bond donors (Lipinski definition) is 0. The maximum atomic E-state index is 2.60. The molecule has 2 aliphatic rings. The molecular formula is C17H32. The molecule has 0 aromatic carbocycles. The zero-order valence-corrected chi connectivity index (χ0v) is 12.5. The third-order valence-corrected chi connectivity index (χ3v) is 6.07. The maximum absolute atomic E-state index is 2.60. The van der Waals surface area contributed by atoms with E-state index in [2.05, 4.69) is 27.7 Å². The van der Waals surface area contributed by atoms with Gasteiger partial charge in [0.15, 0.2) is 0 Å². The lowest BCUT2D eigenvalue weighted by Gasteiger charge is -2.57. The van der Waals surface area contributed by atoms with Crippen LogP contribution < -0.4 is 0 Å². The van der Waals surface area contributed by atoms with Gasteiger partial charge in [-0.2, -0.15) is 0 Å². The van der Waals surface area contributed by atoms with Crippen LogP contribution in [0.5, 0.6) is 0 Å². The Balaban J connectivity index is 2.14. The molecule has 4 unspecified atom stereocenters. The Morgan fingerprint density at radius 2 is 1.76 bits per heavy atom. The van der Waals surface area contributed by atoms with Crippen LogP contribution in [0.4, 0.5) is 0 Å². The lowest BCUT2D eigenvalue weighted by atomic mass is 9.48. The van der Waals surface area contributed by atoms with Crippen molar-refractivity contribution >= 4 is 0 Å². The second-order valence-electron chi connectivity index (χ2n) is 7.28. The second kappa shape index (κ2) is 5.33. The second-order valence-corrected chi connectivity index (χ2v) is 7.28. The van der Waals surface area contributed by atoms with Gasteiger partial charge in [0.1, 0.15) is 0 Å². The van der Waals surface area contributed by atoms with Crippen LogP contribution in [0.2, 0.25) is 0 Å². The van der Waals surface area contributed by atoms with Crippen molar-refractivity contribution in [1.29, 1.82) is 0 Å². The van der Waals surface area contributed by atoms with Crippen molar-refractivity contribution in [3.8, 4) is 0 Å². The van der Waals surface area contributed by atoms with Crippen molar-refractivity contribution < 1.29 is 0 Å². The average Bonchev–Trinajstić information content (AvgIpc) is 2.23. The van der Waals surface area contributed by atoms with Gasteiger partial charge >= 0.3 is 0 Å². The number of fused-ring (bicyclic) bond motifs is 1. The van der Waals surface area contributed by atoms with Gasteiger partial charge in [-0.3, -0.25) is 0 Å². The Morgan fingerprint density at radius 3 is 2.41 bits per heavy atom. The predicted octanol–water partition coefficient (Wildman–Crippen LogP) is 5.67. The van der Waals surface area contributed by atoms with Crippen LogP contribution in [-0.2, 0) is 0 Å². The topological polar surface area (TPSA) is 0 Å². The maximum Gasteiger partial charge on any atom is -0.0292 e. The fourth-order valence-electron chi connectivity index (χ4n) is 5.11. The first kappa shape index (κ1) is 13.4. The summed E-state index contributed by atoms with van der Waals surface area (Å²) in [6, 6.07) is 0. The molecule has 0 heterocycles. The van der Waals surface area contributed by atoms with E-state index < -0.39 is 0 Å². The molecule has 0 aromatic heterocycles. The number of rotatable bonds is 3. The van der Waals surface area contributed by atoms with Crippen molar-refractivity contribution in [2.45, 2.75) is 79.1 Å². The molecule has 2 fully saturated rings. The molecule has 0 spiro atoms. The van der Waals surface area contributed by atoms with Gasteiger partial charge in [-0.05, 0) is 41.9 Å². The van der Waals surface area contributed by atoms with Crippen LogP contribution in [0.15, 0.2) is 0 Å². The van der Waals surface area contributed by atoms with Gasteiger partial charge < -0.3 is 0 Å². The summed E-state index contributed by atoms with van der Waals surface area (Å²) in [5.74, 6) is 4.17. The van der Waals surface area contributed by atoms with E-state index in [0.717, 1.165) is 23.7 Å². The van der Waals surface area contributed by atoms with Crippen molar-refractivity contribution in [2.24, 2.45) is 29.1 Å². The van der Waals surface area contributed by atoms with Gasteiger partial charge in [0.25, 0.3) is 0 Å². The van der Waals surface area contributed by atoms with Crippen molar-refractivity contribution in [3.63, 3.8) is 0 Å². The lowest BCUT2D eigenvalue weighted by molar-refractivity contribution is -0.0787. The normalized spacial score (nSPS) is 40.9. The van der Waals surface area contributed by atoms with E-state index in [4.69, 9.17) is 0 Å². The third kappa shape index (κ3) is 2.42. The molecule has 0 nitrogen and oxygen atoms in total. The SMILES string of the molecule is CCCC1CCCCC2CC(CC)C2C1(C)C. The molecule has 0 radical (unpaired) electrons. The van der Waals surface area contributed by atoms with Gasteiger partial charge in [-0.25, -0.2) is 0 Å². The average molecular weight is 236 g/mol. The van der Waals surface area contributed by atoms with Gasteiger partial charge in [-0.1, -0.05) is 66.2 Å². The first-order valence-electron chi connectivity index (χ1n) is 8.11. The highest BCUT2D eigenvalue weighted by atomic mass is 14.6. The van der Waals surface area contributed by atoms with Crippen molar-refractivity contribution in [3.05, 3.63) is 0 Å². The van der Waals surface area contributed by atoms with Crippen molar-refractivity contribution in [1.82, 2.24) is 0 Å². The van der Waals surface area contributed by atoms with E-state index >= 15 is 0 Å². The molecule has 0 aromatic rings. The van der Waals surface area contributed by atoms with Crippen LogP contribution in [-0.4, -0.2) is 0 Å². The Morgan fingerprint density at radius 1 is 1.06 bits per heavy atom. The molecule has 0 heteroatoms. The summed E-state index contributed by atoms with van der Waals surface area (Å²) in [5, 5.41) is 0. The Hall–Kier alpha value is 0. The fourth-order valence-corrected chi connectivity index (χ4v) is 5.11. The summed E-state index contributed by atoms with van der Waals surface area (Å²) in [4.78, 5) is 0. The number of hydrogen-bond acceptors (Lipinski definition) is 0. The lowest BCUT2D eigenvalue weighted by Crippen LogP contribution is -2.49. The molecule has 0 aliphatic heterocycles. The molecule has 17 heavy (non-hydrogen) atoms. The van der Waals surface area contributed by atoms with Crippen LogP contribution in [0.1, 0.15) is 79.1 Å². The van der Waals surface area contributed by atoms with Crippen LogP contribution >= 0.6 is 0 Å². The molecule has 0 bridgehead atoms. The highest BCUT2D eigenvalue weighted by molar-refractivity contribution is 4.99. The molecule has 4 atom stereocenters. The van der Waals surface area contributed by atoms with E-state index in [1.165, 1.54) is 44.9 Å². The van der Waals surface area contributed by atoms with E-state index in [1.54, 1.807) is 6.42 Å². The van der Waals surface area contributed by atoms with Gasteiger partial charge in [0.05, 0.1) is 0 Å². The summed E-state index contributed by atoms with van der Waals surface area (Å²) in [7, 11) is 0. The van der Waals surface area contributed by atoms with Crippen LogP contribution in [0, 0.1) is 29.1 Å². The predicted molar refractivity (Wildman–Crippen MR) is 76.0 cm³/mol. The molecule has 2 saturated carbocycles. The van der Waals surface area contributed by atoms with Gasteiger partial charge in [-0.15, -0.1) is 0 Å². The summed E-state index contributed by atoms with van der Waals surface area (Å²) >= 11 is 0. The quantitative estimate of drug-likeness (QED) is 0.592. The first-order chi connectivity index (χ1) is 8.11. The zero-order chi connectivity index (χ0) is 12.5. The fraction of sp³-hybridized carbons (Fsp3) is 1.00. The molecule has 0 saturated heterocycles. The summed E-state index contributed by atoms with van der Waals surface area (Å²) < 4.78 is 0. The molecule has 2 aliphatic carbocycles. The largest absolute Gasteiger partial charge is 0.0654 e. The minimum atomic E-state index is 0.611. The highest BCUT2D eigenvalue weighted by Crippen LogP contribution is 2.58. The minimum Gasteiger partial charge on any atom is -0.0654 e. The Kier molecular flexibility index (Phi) is 4.21. The third-order valence-electron chi connectivity index (χ3n) is 6.07. The molecule has 0 amide bonds. The van der Waals surface area contributed by atoms with E-state index in [0.29, 0.717) is 5.41 Å². The Labute approximate surface area is 109 Å². The molecule has 2 rings (SSSR count). The van der Waals surface area contributed by atoms with E-state index in [-0.39, 0.29) is 0 Å². The van der Waals surface area contributed by atoms with Gasteiger partial charge in [0.2, 0.25) is 0 Å². The highest BCUT2D eigenvalue weighted by Gasteiger charge is 2.50. The Bertz CT molecular complexity index is 238. The molecule has 0 N–H and O–H groups in total. The zero-order valence-electron chi connectivity index (χ0n) is 12.5. The summed E-state index contributed by atoms with van der Waals surface area (Å²) in [5.41, 5.74) is 0.611. The van der Waals surface area contributed by atoms with Crippen molar-refractivity contribution in [2.75, 3.05) is 0 Å². The monoisotopic (exact) mass is 236 g/mol. The summed E-state index contributed by atoms with van der Waals surface area (Å²) in [6.45, 7) is 9.96. The summed E-state index contributed by atoms with van der Waals surface area (Å²) in [6.07, 6.45) is 11.8. The standard InChI is InChI=1S/C17H32/c1-5-9-15-11-8-7-10-14-12-13(6-2)16(14)17(15,3)4/h13-16H,5-12H2,1-4H3.